The van der Waals surface area contributed by atoms with Gasteiger partial charge in [0, 0.05) is 8.41 Å². The second-order valence-electron chi connectivity index (χ2n) is 3.38. The van der Waals surface area contributed by atoms with E-state index >= 15 is 0 Å². The van der Waals surface area contributed by atoms with Gasteiger partial charge in [-0.2, -0.15) is 0 Å². The molecule has 2 aromatic carbocycles. The van der Waals surface area contributed by atoms with Crippen molar-refractivity contribution >= 4 is 8.41 Å². The van der Waals surface area contributed by atoms with Crippen molar-refractivity contribution in [2.45, 2.75) is 13.3 Å². The molecular formula is C14H14BO. The second kappa shape index (κ2) is 6.01. The van der Waals surface area contributed by atoms with E-state index in [4.69, 9.17) is 4.74 Å². The lowest BCUT2D eigenvalue weighted by atomic mass is 10.1. The highest BCUT2D eigenvalue weighted by Crippen LogP contribution is 2.24. The number of para-hydroxylation sites is 2. The summed E-state index contributed by atoms with van der Waals surface area (Å²) in [7, 11) is 0. The third-order valence-electron chi connectivity index (χ3n) is 2.32. The Morgan fingerprint density at radius 1 is 0.875 bits per heavy atom. The molecule has 0 atom stereocenters. The molecule has 0 aromatic heterocycles. The molecule has 2 rings (SSSR count). The van der Waals surface area contributed by atoms with Gasteiger partial charge in [0.25, 0.3) is 0 Å². The predicted octanol–water partition coefficient (Wildman–Crippen LogP) is 3.66. The summed E-state index contributed by atoms with van der Waals surface area (Å²) >= 11 is 0. The van der Waals surface area contributed by atoms with Gasteiger partial charge in [-0.1, -0.05) is 43.3 Å². The van der Waals surface area contributed by atoms with Crippen molar-refractivity contribution in [2.75, 3.05) is 0 Å². The zero-order valence-electron chi connectivity index (χ0n) is 9.39. The van der Waals surface area contributed by atoms with E-state index in [1.165, 1.54) is 5.56 Å². The van der Waals surface area contributed by atoms with Crippen molar-refractivity contribution in [3.63, 3.8) is 0 Å². The number of ether oxygens (including phenoxy) is 1. The molecule has 0 heterocycles. The topological polar surface area (TPSA) is 9.23 Å². The number of hydrogen-bond donors (Lipinski definition) is 0. The molecule has 0 fully saturated rings. The fourth-order valence-corrected chi connectivity index (χ4v) is 1.51. The maximum absolute atomic E-state index is 5.80. The largest absolute Gasteiger partial charge is 0.457 e. The van der Waals surface area contributed by atoms with Crippen LogP contribution < -0.4 is 4.74 Å². The summed E-state index contributed by atoms with van der Waals surface area (Å²) in [6, 6.07) is 18.0. The van der Waals surface area contributed by atoms with Crippen LogP contribution in [0.5, 0.6) is 11.5 Å². The zero-order valence-corrected chi connectivity index (χ0v) is 9.39. The fourth-order valence-electron chi connectivity index (χ4n) is 1.51. The lowest BCUT2D eigenvalue weighted by Crippen LogP contribution is -1.89. The lowest BCUT2D eigenvalue weighted by molar-refractivity contribution is 0.477. The molecule has 3 radical (unpaired) electrons. The summed E-state index contributed by atoms with van der Waals surface area (Å²) in [4.78, 5) is 0. The van der Waals surface area contributed by atoms with Crippen molar-refractivity contribution in [2.24, 2.45) is 0 Å². The maximum Gasteiger partial charge on any atom is 0.130 e. The lowest BCUT2D eigenvalue weighted by Gasteiger charge is -2.09. The van der Waals surface area contributed by atoms with Crippen LogP contribution in [0.15, 0.2) is 54.6 Å². The van der Waals surface area contributed by atoms with E-state index in [2.05, 4.69) is 13.0 Å². The van der Waals surface area contributed by atoms with Gasteiger partial charge in [0.2, 0.25) is 0 Å². The second-order valence-corrected chi connectivity index (χ2v) is 3.38. The molecule has 0 amide bonds. The first-order valence-electron chi connectivity index (χ1n) is 5.21. The van der Waals surface area contributed by atoms with Crippen LogP contribution in [0, 0.1) is 0 Å². The summed E-state index contributed by atoms with van der Waals surface area (Å²) in [5, 5.41) is 0. The van der Waals surface area contributed by atoms with E-state index in [0.29, 0.717) is 0 Å². The molecule has 0 spiro atoms. The summed E-state index contributed by atoms with van der Waals surface area (Å²) in [5.41, 5.74) is 1.24. The van der Waals surface area contributed by atoms with E-state index in [1.54, 1.807) is 0 Å². The summed E-state index contributed by atoms with van der Waals surface area (Å²) in [6.07, 6.45) is 0.989. The normalized spacial score (nSPS) is 9.31. The molecular weight excluding hydrogens is 195 g/mol. The minimum Gasteiger partial charge on any atom is -0.457 e. The standard InChI is InChI=1S/C14H14O.B/c1-2-12-8-6-7-11-14(12)15-13-9-4-3-5-10-13;/h3-11H,2H2,1H3;. The van der Waals surface area contributed by atoms with E-state index in [0.717, 1.165) is 17.9 Å². The highest BCUT2D eigenvalue weighted by molar-refractivity contribution is 5.75. The Morgan fingerprint density at radius 2 is 1.50 bits per heavy atom. The average Bonchev–Trinajstić information content (AvgIpc) is 2.31. The molecule has 16 heavy (non-hydrogen) atoms. The monoisotopic (exact) mass is 209 g/mol. The highest BCUT2D eigenvalue weighted by atomic mass is 16.5. The first-order chi connectivity index (χ1) is 7.40. The Hall–Kier alpha value is -1.70. The minimum atomic E-state index is 0. The highest BCUT2D eigenvalue weighted by Gasteiger charge is 2.01. The summed E-state index contributed by atoms with van der Waals surface area (Å²) < 4.78 is 5.80. The molecule has 0 unspecified atom stereocenters. The van der Waals surface area contributed by atoms with Crippen LogP contribution in [0.4, 0.5) is 0 Å². The zero-order chi connectivity index (χ0) is 10.5. The molecule has 2 aromatic rings. The Labute approximate surface area is 98.7 Å². The van der Waals surface area contributed by atoms with E-state index in [-0.39, 0.29) is 8.41 Å². The molecule has 79 valence electrons. The van der Waals surface area contributed by atoms with E-state index in [1.807, 2.05) is 48.5 Å². The number of aryl methyl sites for hydroxylation is 1. The smallest absolute Gasteiger partial charge is 0.130 e. The van der Waals surface area contributed by atoms with Gasteiger partial charge in [-0.15, -0.1) is 0 Å². The fraction of sp³-hybridized carbons (Fsp3) is 0.143. The van der Waals surface area contributed by atoms with Crippen LogP contribution in [0.3, 0.4) is 0 Å². The van der Waals surface area contributed by atoms with Crippen molar-refractivity contribution in [3.05, 3.63) is 60.2 Å². The molecule has 0 saturated heterocycles. The number of rotatable bonds is 3. The third kappa shape index (κ3) is 2.90. The Kier molecular flexibility index (Phi) is 4.65. The Balaban J connectivity index is 0.00000128. The molecule has 1 nitrogen and oxygen atoms in total. The van der Waals surface area contributed by atoms with Crippen molar-refractivity contribution in [3.8, 4) is 11.5 Å². The molecule has 0 aliphatic heterocycles. The average molecular weight is 209 g/mol. The Morgan fingerprint density at radius 3 is 2.19 bits per heavy atom. The molecule has 0 saturated carbocycles. The van der Waals surface area contributed by atoms with Gasteiger partial charge in [-0.3, -0.25) is 0 Å². The van der Waals surface area contributed by atoms with Crippen molar-refractivity contribution in [1.82, 2.24) is 0 Å². The van der Waals surface area contributed by atoms with E-state index < -0.39 is 0 Å². The first kappa shape index (κ1) is 12.4. The van der Waals surface area contributed by atoms with Crippen LogP contribution in [0.1, 0.15) is 12.5 Å². The van der Waals surface area contributed by atoms with Gasteiger partial charge >= 0.3 is 0 Å². The SMILES string of the molecule is CCc1ccccc1Oc1ccccc1.[B]. The number of hydrogen-bond acceptors (Lipinski definition) is 1. The minimum absolute atomic E-state index is 0. The van der Waals surface area contributed by atoms with Crippen LogP contribution in [-0.4, -0.2) is 8.41 Å². The predicted molar refractivity (Wildman–Crippen MR) is 68.1 cm³/mol. The van der Waals surface area contributed by atoms with Crippen LogP contribution in [0.2, 0.25) is 0 Å². The number of benzene rings is 2. The molecule has 0 N–H and O–H groups in total. The van der Waals surface area contributed by atoms with Gasteiger partial charge in [-0.05, 0) is 30.2 Å². The summed E-state index contributed by atoms with van der Waals surface area (Å²) in [6.45, 7) is 2.13. The van der Waals surface area contributed by atoms with Gasteiger partial charge in [0.05, 0.1) is 0 Å². The van der Waals surface area contributed by atoms with Crippen LogP contribution in [0.25, 0.3) is 0 Å². The van der Waals surface area contributed by atoms with Gasteiger partial charge < -0.3 is 4.74 Å². The quantitative estimate of drug-likeness (QED) is 0.701. The third-order valence-corrected chi connectivity index (χ3v) is 2.32. The first-order valence-corrected chi connectivity index (χ1v) is 5.21. The van der Waals surface area contributed by atoms with Gasteiger partial charge in [0.1, 0.15) is 11.5 Å². The Bertz CT molecular complexity index is 426. The van der Waals surface area contributed by atoms with Crippen molar-refractivity contribution < 1.29 is 4.74 Å². The molecule has 0 bridgehead atoms. The van der Waals surface area contributed by atoms with Gasteiger partial charge in [-0.25, -0.2) is 0 Å². The van der Waals surface area contributed by atoms with E-state index in [9.17, 15) is 0 Å². The van der Waals surface area contributed by atoms with Gasteiger partial charge in [0.15, 0.2) is 0 Å². The molecule has 2 heteroatoms. The molecule has 0 aliphatic rings. The van der Waals surface area contributed by atoms with Crippen LogP contribution in [-0.2, 0) is 6.42 Å². The summed E-state index contributed by atoms with van der Waals surface area (Å²) in [5.74, 6) is 1.84. The van der Waals surface area contributed by atoms with Crippen molar-refractivity contribution in [1.29, 1.82) is 0 Å². The molecule has 0 aliphatic carbocycles. The van der Waals surface area contributed by atoms with Crippen LogP contribution >= 0.6 is 0 Å². The maximum atomic E-state index is 5.80.